The molecule has 1 amide bonds. The van der Waals surface area contributed by atoms with Gasteiger partial charge in [0, 0.05) is 71.3 Å². The first-order chi connectivity index (χ1) is 18.7. The van der Waals surface area contributed by atoms with Crippen molar-refractivity contribution >= 4 is 28.6 Å². The predicted molar refractivity (Wildman–Crippen MR) is 156 cm³/mol. The quantitative estimate of drug-likeness (QED) is 0.381. The third-order valence-electron chi connectivity index (χ3n) is 7.32. The Bertz CT molecular complexity index is 1500. The van der Waals surface area contributed by atoms with Gasteiger partial charge >= 0.3 is 0 Å². The van der Waals surface area contributed by atoms with Crippen molar-refractivity contribution in [2.45, 2.75) is 20.4 Å². The zero-order valence-electron chi connectivity index (χ0n) is 23.7. The van der Waals surface area contributed by atoms with E-state index in [1.54, 1.807) is 6.07 Å². The van der Waals surface area contributed by atoms with Gasteiger partial charge in [-0.25, -0.2) is 4.98 Å². The number of hydrogen-bond acceptors (Lipinski definition) is 7. The number of ether oxygens (including phenoxy) is 1. The molecule has 0 bridgehead atoms. The van der Waals surface area contributed by atoms with Crippen LogP contribution in [-0.4, -0.2) is 77.6 Å². The fourth-order valence-electron chi connectivity index (χ4n) is 4.77. The van der Waals surface area contributed by atoms with Gasteiger partial charge in [-0.3, -0.25) is 9.69 Å². The smallest absolute Gasteiger partial charge is 0.255 e. The Labute approximate surface area is 230 Å². The zero-order chi connectivity index (χ0) is 27.7. The van der Waals surface area contributed by atoms with E-state index in [9.17, 15) is 4.79 Å². The minimum atomic E-state index is -0.188. The molecule has 4 aromatic rings. The SMILES string of the molecule is Cc1cc(NC(=O)c2ccc(C)c(Oc3nc(N(C)C)nc4ccn(C)c34)c2)ccc1CN1CCN(C)CC1. The fourth-order valence-corrected chi connectivity index (χ4v) is 4.77. The molecule has 2 aromatic heterocycles. The monoisotopic (exact) mass is 527 g/mol. The second-order valence-electron chi connectivity index (χ2n) is 10.6. The van der Waals surface area contributed by atoms with E-state index in [2.05, 4.69) is 45.1 Å². The van der Waals surface area contributed by atoms with Crippen LogP contribution in [0.15, 0.2) is 48.7 Å². The molecule has 0 spiro atoms. The summed E-state index contributed by atoms with van der Waals surface area (Å²) in [5, 5.41) is 3.05. The summed E-state index contributed by atoms with van der Waals surface area (Å²) in [5.41, 5.74) is 6.25. The lowest BCUT2D eigenvalue weighted by atomic mass is 10.1. The van der Waals surface area contributed by atoms with Crippen molar-refractivity contribution in [2.75, 3.05) is 57.5 Å². The lowest BCUT2D eigenvalue weighted by Gasteiger charge is -2.32. The first kappa shape index (κ1) is 26.6. The molecule has 0 aliphatic carbocycles. The summed E-state index contributed by atoms with van der Waals surface area (Å²) in [5.74, 6) is 1.39. The molecule has 2 aromatic carbocycles. The van der Waals surface area contributed by atoms with Crippen molar-refractivity contribution in [2.24, 2.45) is 7.05 Å². The highest BCUT2D eigenvalue weighted by Gasteiger charge is 2.18. The van der Waals surface area contributed by atoms with Gasteiger partial charge in [0.05, 0.1) is 5.52 Å². The molecule has 204 valence electrons. The standard InChI is InChI=1S/C30H37N7O2/c1-20-7-8-22(18-26(20)39-29-27-25(11-12-36(27)6)32-30(33-29)34(3)4)28(38)31-24-10-9-23(21(2)17-24)19-37-15-13-35(5)14-16-37/h7-12,17-18H,13-16,19H2,1-6H3,(H,31,38). The number of rotatable bonds is 7. The number of amides is 1. The van der Waals surface area contributed by atoms with E-state index in [1.807, 2.05) is 74.1 Å². The van der Waals surface area contributed by atoms with E-state index in [1.165, 1.54) is 11.1 Å². The normalized spacial score (nSPS) is 14.5. The van der Waals surface area contributed by atoms with E-state index in [0.29, 0.717) is 23.1 Å². The van der Waals surface area contributed by atoms with Crippen molar-refractivity contribution in [3.63, 3.8) is 0 Å². The molecular weight excluding hydrogens is 490 g/mol. The van der Waals surface area contributed by atoms with Gasteiger partial charge < -0.3 is 24.4 Å². The Morgan fingerprint density at radius 2 is 1.74 bits per heavy atom. The number of fused-ring (bicyclic) bond motifs is 1. The number of carbonyl (C=O) groups is 1. The third-order valence-corrected chi connectivity index (χ3v) is 7.32. The lowest BCUT2D eigenvalue weighted by molar-refractivity contribution is 0.102. The molecular formula is C30H37N7O2. The first-order valence-electron chi connectivity index (χ1n) is 13.3. The van der Waals surface area contributed by atoms with E-state index in [0.717, 1.165) is 55.0 Å². The number of piperazine rings is 1. The molecule has 0 unspecified atom stereocenters. The molecule has 0 radical (unpaired) electrons. The maximum absolute atomic E-state index is 13.2. The van der Waals surface area contributed by atoms with Crippen molar-refractivity contribution in [3.8, 4) is 11.6 Å². The van der Waals surface area contributed by atoms with Gasteiger partial charge in [0.25, 0.3) is 5.91 Å². The van der Waals surface area contributed by atoms with Crippen LogP contribution in [0, 0.1) is 13.8 Å². The van der Waals surface area contributed by atoms with Gasteiger partial charge in [-0.2, -0.15) is 4.98 Å². The van der Waals surface area contributed by atoms with Gasteiger partial charge in [-0.05, 0) is 67.9 Å². The number of aromatic nitrogens is 3. The molecule has 1 aliphatic heterocycles. The molecule has 9 nitrogen and oxygen atoms in total. The van der Waals surface area contributed by atoms with Crippen LogP contribution in [0.1, 0.15) is 27.0 Å². The Hall–Kier alpha value is -3.95. The minimum absolute atomic E-state index is 0.188. The first-order valence-corrected chi connectivity index (χ1v) is 13.3. The molecule has 1 N–H and O–H groups in total. The van der Waals surface area contributed by atoms with Crippen molar-refractivity contribution in [1.29, 1.82) is 0 Å². The fraction of sp³-hybridized carbons (Fsp3) is 0.367. The molecule has 1 aliphatic rings. The Morgan fingerprint density at radius 3 is 2.46 bits per heavy atom. The van der Waals surface area contributed by atoms with Crippen LogP contribution >= 0.6 is 0 Å². The maximum Gasteiger partial charge on any atom is 0.255 e. The molecule has 39 heavy (non-hydrogen) atoms. The van der Waals surface area contributed by atoms with Crippen LogP contribution < -0.4 is 15.0 Å². The second-order valence-corrected chi connectivity index (χ2v) is 10.6. The Balaban J connectivity index is 1.33. The number of benzene rings is 2. The van der Waals surface area contributed by atoms with Crippen LogP contribution in [0.3, 0.4) is 0 Å². The Morgan fingerprint density at radius 1 is 0.974 bits per heavy atom. The van der Waals surface area contributed by atoms with Gasteiger partial charge in [-0.15, -0.1) is 0 Å². The van der Waals surface area contributed by atoms with Gasteiger partial charge in [0.1, 0.15) is 11.3 Å². The third kappa shape index (κ3) is 5.89. The summed E-state index contributed by atoms with van der Waals surface area (Å²) in [6.07, 6.45) is 1.93. The second kappa shape index (κ2) is 11.0. The number of aryl methyl sites for hydroxylation is 3. The highest BCUT2D eigenvalue weighted by atomic mass is 16.5. The zero-order valence-corrected chi connectivity index (χ0v) is 23.7. The number of carbonyl (C=O) groups excluding carboxylic acids is 1. The van der Waals surface area contributed by atoms with E-state index in [-0.39, 0.29) is 5.91 Å². The van der Waals surface area contributed by atoms with Crippen LogP contribution in [0.5, 0.6) is 11.6 Å². The average molecular weight is 528 g/mol. The van der Waals surface area contributed by atoms with E-state index < -0.39 is 0 Å². The van der Waals surface area contributed by atoms with Crippen LogP contribution in [0.25, 0.3) is 11.0 Å². The molecule has 3 heterocycles. The highest BCUT2D eigenvalue weighted by molar-refractivity contribution is 6.04. The molecule has 1 saturated heterocycles. The van der Waals surface area contributed by atoms with Crippen molar-refractivity contribution in [1.82, 2.24) is 24.3 Å². The number of nitrogens with one attached hydrogen (secondary N) is 1. The van der Waals surface area contributed by atoms with Crippen LogP contribution in [-0.2, 0) is 13.6 Å². The largest absolute Gasteiger partial charge is 0.437 e. The average Bonchev–Trinajstić information content (AvgIpc) is 3.29. The summed E-state index contributed by atoms with van der Waals surface area (Å²) >= 11 is 0. The van der Waals surface area contributed by atoms with Crippen molar-refractivity contribution in [3.05, 3.63) is 70.9 Å². The maximum atomic E-state index is 13.2. The molecule has 9 heteroatoms. The molecule has 0 saturated carbocycles. The van der Waals surface area contributed by atoms with Gasteiger partial charge in [0.2, 0.25) is 11.8 Å². The summed E-state index contributed by atoms with van der Waals surface area (Å²) < 4.78 is 8.26. The minimum Gasteiger partial charge on any atom is -0.437 e. The number of anilines is 2. The number of nitrogens with zero attached hydrogens (tertiary/aromatic N) is 6. The molecule has 5 rings (SSSR count). The molecule has 1 fully saturated rings. The van der Waals surface area contributed by atoms with Crippen molar-refractivity contribution < 1.29 is 9.53 Å². The van der Waals surface area contributed by atoms with Gasteiger partial charge in [0.15, 0.2) is 0 Å². The summed E-state index contributed by atoms with van der Waals surface area (Å²) in [6, 6.07) is 13.6. The van der Waals surface area contributed by atoms with Crippen LogP contribution in [0.4, 0.5) is 11.6 Å². The summed E-state index contributed by atoms with van der Waals surface area (Å²) in [7, 11) is 7.89. The van der Waals surface area contributed by atoms with E-state index in [4.69, 9.17) is 4.74 Å². The van der Waals surface area contributed by atoms with E-state index >= 15 is 0 Å². The van der Waals surface area contributed by atoms with Gasteiger partial charge in [-0.1, -0.05) is 12.1 Å². The topological polar surface area (TPSA) is 78.8 Å². The number of hydrogen-bond donors (Lipinski definition) is 1. The number of likely N-dealkylation sites (N-methyl/N-ethyl adjacent to an activating group) is 1. The highest BCUT2D eigenvalue weighted by Crippen LogP contribution is 2.32. The Kier molecular flexibility index (Phi) is 7.54. The van der Waals surface area contributed by atoms with Crippen LogP contribution in [0.2, 0.25) is 0 Å². The molecule has 0 atom stereocenters. The predicted octanol–water partition coefficient (Wildman–Crippen LogP) is 4.44. The summed E-state index contributed by atoms with van der Waals surface area (Å²) in [6.45, 7) is 9.34. The summed E-state index contributed by atoms with van der Waals surface area (Å²) in [4.78, 5) is 29.2. The lowest BCUT2D eigenvalue weighted by Crippen LogP contribution is -2.43.